The predicted molar refractivity (Wildman–Crippen MR) is 117 cm³/mol. The van der Waals surface area contributed by atoms with Gasteiger partial charge in [-0.2, -0.15) is 0 Å². The first-order chi connectivity index (χ1) is 15.5. The van der Waals surface area contributed by atoms with E-state index < -0.39 is 30.7 Å². The first-order valence-corrected chi connectivity index (χ1v) is 10.6. The Morgan fingerprint density at radius 1 is 1.00 bits per heavy atom. The van der Waals surface area contributed by atoms with Crippen LogP contribution in [-0.2, 0) is 32.0 Å². The van der Waals surface area contributed by atoms with E-state index in [9.17, 15) is 9.90 Å². The summed E-state index contributed by atoms with van der Waals surface area (Å²) in [5.41, 5.74) is 1.97. The molecule has 0 spiro atoms. The molecule has 1 fully saturated rings. The van der Waals surface area contributed by atoms with Crippen molar-refractivity contribution in [3.8, 4) is 5.75 Å². The molecule has 1 saturated heterocycles. The highest BCUT2D eigenvalue weighted by molar-refractivity contribution is 5.67. The van der Waals surface area contributed by atoms with Gasteiger partial charge in [-0.3, -0.25) is 0 Å². The van der Waals surface area contributed by atoms with Crippen LogP contribution in [0.3, 0.4) is 0 Å². The van der Waals surface area contributed by atoms with Crippen LogP contribution < -0.4 is 10.1 Å². The van der Waals surface area contributed by atoms with E-state index >= 15 is 0 Å². The van der Waals surface area contributed by atoms with Gasteiger partial charge in [0.2, 0.25) is 6.29 Å². The van der Waals surface area contributed by atoms with Crippen molar-refractivity contribution < 1.29 is 33.6 Å². The molecule has 2 aromatic carbocycles. The Labute approximate surface area is 188 Å². The van der Waals surface area contributed by atoms with Gasteiger partial charge >= 0.3 is 6.09 Å². The molecule has 8 heteroatoms. The quantitative estimate of drug-likeness (QED) is 0.613. The number of nitrogens with one attached hydrogen (secondary N) is 1. The van der Waals surface area contributed by atoms with Crippen molar-refractivity contribution in [2.24, 2.45) is 0 Å². The number of benzene rings is 2. The van der Waals surface area contributed by atoms with Crippen LogP contribution in [0.25, 0.3) is 0 Å². The van der Waals surface area contributed by atoms with Crippen LogP contribution >= 0.6 is 0 Å². The van der Waals surface area contributed by atoms with Crippen LogP contribution in [0, 0.1) is 0 Å². The highest BCUT2D eigenvalue weighted by Crippen LogP contribution is 2.27. The lowest BCUT2D eigenvalue weighted by molar-refractivity contribution is -0.278. The molecule has 5 atom stereocenters. The number of aliphatic hydroxyl groups excluding tert-OH is 1. The van der Waals surface area contributed by atoms with Gasteiger partial charge in [0, 0.05) is 20.8 Å². The lowest BCUT2D eigenvalue weighted by Crippen LogP contribution is -2.59. The summed E-state index contributed by atoms with van der Waals surface area (Å²) in [6.45, 7) is 2.51. The van der Waals surface area contributed by atoms with Crippen molar-refractivity contribution in [3.05, 3.63) is 65.7 Å². The van der Waals surface area contributed by atoms with Crippen molar-refractivity contribution in [1.82, 2.24) is 5.32 Å². The van der Waals surface area contributed by atoms with Crippen LogP contribution in [0.15, 0.2) is 54.6 Å². The predicted octanol–water partition coefficient (Wildman–Crippen LogP) is 2.67. The molecule has 0 radical (unpaired) electrons. The number of hydrogen-bond donors (Lipinski definition) is 2. The minimum Gasteiger partial charge on any atom is -0.462 e. The zero-order valence-electron chi connectivity index (χ0n) is 18.6. The van der Waals surface area contributed by atoms with Gasteiger partial charge in [-0.05, 0) is 36.6 Å². The number of alkyl carbamates (subject to hydrolysis) is 1. The maximum atomic E-state index is 11.8. The fourth-order valence-electron chi connectivity index (χ4n) is 3.62. The maximum absolute atomic E-state index is 11.8. The summed E-state index contributed by atoms with van der Waals surface area (Å²) in [5, 5.41) is 13.2. The normalized spacial score (nSPS) is 25.2. The van der Waals surface area contributed by atoms with E-state index in [1.807, 2.05) is 61.5 Å². The van der Waals surface area contributed by atoms with Gasteiger partial charge in [-0.15, -0.1) is 0 Å². The van der Waals surface area contributed by atoms with E-state index in [4.69, 9.17) is 23.7 Å². The smallest absolute Gasteiger partial charge is 0.407 e. The summed E-state index contributed by atoms with van der Waals surface area (Å²) in [4.78, 5) is 11.8. The van der Waals surface area contributed by atoms with Gasteiger partial charge in [0.25, 0.3) is 0 Å². The summed E-state index contributed by atoms with van der Waals surface area (Å²) in [7, 11) is 3.02. The van der Waals surface area contributed by atoms with E-state index in [2.05, 4.69) is 5.32 Å². The van der Waals surface area contributed by atoms with Crippen molar-refractivity contribution >= 4 is 6.09 Å². The van der Waals surface area contributed by atoms with Crippen LogP contribution in [0.2, 0.25) is 0 Å². The second kappa shape index (κ2) is 11.8. The van der Waals surface area contributed by atoms with Crippen molar-refractivity contribution in [2.75, 3.05) is 20.8 Å². The topological polar surface area (TPSA) is 95.5 Å². The zero-order valence-corrected chi connectivity index (χ0v) is 18.6. The minimum atomic E-state index is -0.870. The van der Waals surface area contributed by atoms with Crippen LogP contribution in [-0.4, -0.2) is 62.7 Å². The minimum absolute atomic E-state index is 0.239. The number of methoxy groups -OCH3 is 2. The molecule has 0 saturated carbocycles. The number of amides is 1. The molecule has 0 aliphatic carbocycles. The Kier molecular flexibility index (Phi) is 8.87. The Balaban J connectivity index is 1.44. The highest BCUT2D eigenvalue weighted by atomic mass is 16.7. The molecule has 1 amide bonds. The fraction of sp³-hybridized carbons (Fsp3) is 0.458. The fourth-order valence-corrected chi connectivity index (χ4v) is 3.62. The average molecular weight is 446 g/mol. The summed E-state index contributed by atoms with van der Waals surface area (Å²) < 4.78 is 27.6. The molecule has 0 unspecified atom stereocenters. The molecule has 1 aliphatic heterocycles. The number of rotatable bonds is 9. The molecular weight excluding hydrogens is 414 g/mol. The molecular formula is C24H31NO7. The summed E-state index contributed by atoms with van der Waals surface area (Å²) in [5.74, 6) is 0.589. The first kappa shape index (κ1) is 24.0. The average Bonchev–Trinajstić information content (AvgIpc) is 2.80. The molecule has 3 rings (SSSR count). The Bertz CT molecular complexity index is 830. The summed E-state index contributed by atoms with van der Waals surface area (Å²) >= 11 is 0. The van der Waals surface area contributed by atoms with Crippen molar-refractivity contribution in [2.45, 2.75) is 50.7 Å². The second-order valence-electron chi connectivity index (χ2n) is 7.60. The lowest BCUT2D eigenvalue weighted by atomic mass is 9.99. The third kappa shape index (κ3) is 6.43. The lowest BCUT2D eigenvalue weighted by Gasteiger charge is -2.41. The molecule has 2 N–H and O–H groups in total. The second-order valence-corrected chi connectivity index (χ2v) is 7.60. The van der Waals surface area contributed by atoms with Gasteiger partial charge in [0.05, 0.1) is 6.10 Å². The van der Waals surface area contributed by atoms with E-state index in [1.165, 1.54) is 14.2 Å². The van der Waals surface area contributed by atoms with Crippen molar-refractivity contribution in [3.63, 3.8) is 0 Å². The van der Waals surface area contributed by atoms with E-state index in [1.54, 1.807) is 0 Å². The first-order valence-electron chi connectivity index (χ1n) is 10.6. The van der Waals surface area contributed by atoms with Crippen LogP contribution in [0.5, 0.6) is 5.75 Å². The third-order valence-corrected chi connectivity index (χ3v) is 5.37. The Morgan fingerprint density at radius 2 is 1.69 bits per heavy atom. The molecule has 1 heterocycles. The summed E-state index contributed by atoms with van der Waals surface area (Å²) in [6.07, 6.45) is -2.95. The van der Waals surface area contributed by atoms with Gasteiger partial charge in [-0.1, -0.05) is 42.5 Å². The molecule has 32 heavy (non-hydrogen) atoms. The molecule has 1 aliphatic rings. The highest BCUT2D eigenvalue weighted by Gasteiger charge is 2.45. The number of carbonyl (C=O) groups excluding carboxylic acids is 1. The monoisotopic (exact) mass is 445 g/mol. The van der Waals surface area contributed by atoms with Gasteiger partial charge in [0.1, 0.15) is 30.7 Å². The molecule has 8 nitrogen and oxygen atoms in total. The third-order valence-electron chi connectivity index (χ3n) is 5.37. The SMILES string of the molecule is CO[C@@H]1[C@@H](O)[C@@H](OC)[C@H](Oc2ccc(CCNC(=O)OCc3ccccc3)cc2)O[C@H]1C. The standard InChI is InChI=1S/C24H31NO7/c1-16-21(28-2)20(26)22(29-3)23(31-16)32-19-11-9-17(10-12-19)13-14-25-24(27)30-15-18-7-5-4-6-8-18/h4-12,16,20-23,26H,13-15H2,1-3H3,(H,25,27)/t16-,20+,21-,22+,23-/m0/s1. The summed E-state index contributed by atoms with van der Waals surface area (Å²) in [6, 6.07) is 17.0. The number of aliphatic hydroxyl groups is 1. The Morgan fingerprint density at radius 3 is 2.34 bits per heavy atom. The maximum Gasteiger partial charge on any atom is 0.407 e. The van der Waals surface area contributed by atoms with Crippen LogP contribution in [0.1, 0.15) is 18.1 Å². The van der Waals surface area contributed by atoms with E-state index in [-0.39, 0.29) is 12.7 Å². The van der Waals surface area contributed by atoms with Gasteiger partial charge in [-0.25, -0.2) is 4.79 Å². The van der Waals surface area contributed by atoms with Crippen LogP contribution in [0.4, 0.5) is 4.79 Å². The molecule has 0 bridgehead atoms. The largest absolute Gasteiger partial charge is 0.462 e. The Hall–Kier alpha value is -2.65. The number of hydrogen-bond acceptors (Lipinski definition) is 7. The van der Waals surface area contributed by atoms with Gasteiger partial charge in [0.15, 0.2) is 0 Å². The zero-order chi connectivity index (χ0) is 22.9. The molecule has 0 aromatic heterocycles. The number of carbonyl (C=O) groups is 1. The van der Waals surface area contributed by atoms with Crippen molar-refractivity contribution in [1.29, 1.82) is 0 Å². The number of ether oxygens (including phenoxy) is 5. The van der Waals surface area contributed by atoms with E-state index in [0.717, 1.165) is 11.1 Å². The molecule has 2 aromatic rings. The van der Waals surface area contributed by atoms with Gasteiger partial charge < -0.3 is 34.1 Å². The van der Waals surface area contributed by atoms with E-state index in [0.29, 0.717) is 18.7 Å². The molecule has 174 valence electrons.